The standard InChI is InChI=1S/C21H33NO2/c1-17(16-21(2,3)4)15-20(23)18-7-9-19(10-8-18)24-14-13-22-11-5-6-12-22/h7-10,17H,5-6,11-16H2,1-4H3. The number of carbonyl (C=O) groups excluding carboxylic acids is 1. The van der Waals surface area contributed by atoms with Gasteiger partial charge in [-0.05, 0) is 68.0 Å². The molecule has 2 rings (SSSR count). The summed E-state index contributed by atoms with van der Waals surface area (Å²) in [5.74, 6) is 1.50. The predicted molar refractivity (Wildman–Crippen MR) is 99.8 cm³/mol. The fourth-order valence-corrected chi connectivity index (χ4v) is 3.59. The summed E-state index contributed by atoms with van der Waals surface area (Å²) in [7, 11) is 0. The average molecular weight is 332 g/mol. The van der Waals surface area contributed by atoms with Gasteiger partial charge in [-0.15, -0.1) is 0 Å². The van der Waals surface area contributed by atoms with E-state index in [0.717, 1.165) is 30.9 Å². The van der Waals surface area contributed by atoms with Crippen LogP contribution in [0.5, 0.6) is 5.75 Å². The average Bonchev–Trinajstić information content (AvgIpc) is 2.99. The molecule has 0 radical (unpaired) electrons. The van der Waals surface area contributed by atoms with Gasteiger partial charge in [-0.3, -0.25) is 9.69 Å². The van der Waals surface area contributed by atoms with Crippen LogP contribution in [0.1, 0.15) is 63.7 Å². The molecule has 1 saturated heterocycles. The first-order chi connectivity index (χ1) is 11.3. The molecular weight excluding hydrogens is 298 g/mol. The highest BCUT2D eigenvalue weighted by Crippen LogP contribution is 2.27. The highest BCUT2D eigenvalue weighted by Gasteiger charge is 2.18. The molecule has 0 amide bonds. The number of nitrogens with zero attached hydrogens (tertiary/aromatic N) is 1. The molecule has 0 bridgehead atoms. The first-order valence-corrected chi connectivity index (χ1v) is 9.32. The molecule has 0 aromatic heterocycles. The van der Waals surface area contributed by atoms with Gasteiger partial charge in [-0.1, -0.05) is 27.7 Å². The fraction of sp³-hybridized carbons (Fsp3) is 0.667. The Balaban J connectivity index is 1.76. The summed E-state index contributed by atoms with van der Waals surface area (Å²) in [5.41, 5.74) is 1.06. The largest absolute Gasteiger partial charge is 0.492 e. The van der Waals surface area contributed by atoms with E-state index in [-0.39, 0.29) is 11.2 Å². The van der Waals surface area contributed by atoms with E-state index in [1.165, 1.54) is 25.9 Å². The van der Waals surface area contributed by atoms with E-state index in [4.69, 9.17) is 4.74 Å². The normalized spacial score (nSPS) is 17.0. The zero-order valence-corrected chi connectivity index (χ0v) is 15.8. The minimum absolute atomic E-state index is 0.232. The van der Waals surface area contributed by atoms with Crippen LogP contribution in [0.4, 0.5) is 0 Å². The van der Waals surface area contributed by atoms with Gasteiger partial charge in [0.05, 0.1) is 0 Å². The van der Waals surface area contributed by atoms with E-state index in [2.05, 4.69) is 32.6 Å². The molecule has 1 aromatic carbocycles. The first kappa shape index (κ1) is 19.0. The third-order valence-electron chi connectivity index (χ3n) is 4.55. The van der Waals surface area contributed by atoms with Crippen LogP contribution in [-0.4, -0.2) is 36.9 Å². The van der Waals surface area contributed by atoms with Crippen molar-refractivity contribution in [2.75, 3.05) is 26.2 Å². The SMILES string of the molecule is CC(CC(=O)c1ccc(OCCN2CCCC2)cc1)CC(C)(C)C. The number of rotatable bonds is 8. The molecule has 0 aliphatic carbocycles. The van der Waals surface area contributed by atoms with Crippen LogP contribution in [0.3, 0.4) is 0 Å². The van der Waals surface area contributed by atoms with Crippen LogP contribution < -0.4 is 4.74 Å². The Morgan fingerprint density at radius 3 is 2.38 bits per heavy atom. The molecule has 0 spiro atoms. The molecular formula is C21H33NO2. The lowest BCUT2D eigenvalue weighted by Gasteiger charge is -2.22. The second-order valence-electron chi connectivity index (χ2n) is 8.42. The minimum atomic E-state index is 0.232. The highest BCUT2D eigenvalue weighted by atomic mass is 16.5. The van der Waals surface area contributed by atoms with Crippen LogP contribution >= 0.6 is 0 Å². The van der Waals surface area contributed by atoms with Gasteiger partial charge in [0.15, 0.2) is 5.78 Å². The Kier molecular flexibility index (Phi) is 6.85. The third-order valence-corrected chi connectivity index (χ3v) is 4.55. The van der Waals surface area contributed by atoms with Crippen molar-refractivity contribution in [3.05, 3.63) is 29.8 Å². The van der Waals surface area contributed by atoms with E-state index < -0.39 is 0 Å². The lowest BCUT2D eigenvalue weighted by Crippen LogP contribution is -2.25. The van der Waals surface area contributed by atoms with Crippen LogP contribution in [0.15, 0.2) is 24.3 Å². The van der Waals surface area contributed by atoms with Crippen molar-refractivity contribution in [3.63, 3.8) is 0 Å². The van der Waals surface area contributed by atoms with Gasteiger partial charge in [0, 0.05) is 18.5 Å². The monoisotopic (exact) mass is 331 g/mol. The summed E-state index contributed by atoms with van der Waals surface area (Å²) < 4.78 is 5.80. The van der Waals surface area contributed by atoms with Gasteiger partial charge in [0.25, 0.3) is 0 Å². The predicted octanol–water partition coefficient (Wildman–Crippen LogP) is 4.81. The molecule has 1 aliphatic heterocycles. The molecule has 0 N–H and O–H groups in total. The Bertz CT molecular complexity index is 510. The second-order valence-corrected chi connectivity index (χ2v) is 8.42. The number of ketones is 1. The Morgan fingerprint density at radius 1 is 1.17 bits per heavy atom. The smallest absolute Gasteiger partial charge is 0.163 e. The van der Waals surface area contributed by atoms with Gasteiger partial charge < -0.3 is 4.74 Å². The zero-order chi connectivity index (χ0) is 17.6. The molecule has 3 nitrogen and oxygen atoms in total. The Hall–Kier alpha value is -1.35. The number of hydrogen-bond donors (Lipinski definition) is 0. The van der Waals surface area contributed by atoms with E-state index in [1.54, 1.807) is 0 Å². The summed E-state index contributed by atoms with van der Waals surface area (Å²) in [6, 6.07) is 7.64. The van der Waals surface area contributed by atoms with Crippen LogP contribution in [-0.2, 0) is 0 Å². The first-order valence-electron chi connectivity index (χ1n) is 9.32. The quantitative estimate of drug-likeness (QED) is 0.640. The Labute approximate surface area is 147 Å². The maximum Gasteiger partial charge on any atom is 0.163 e. The van der Waals surface area contributed by atoms with E-state index in [1.807, 2.05) is 24.3 Å². The summed E-state index contributed by atoms with van der Waals surface area (Å²) in [6.07, 6.45) is 4.30. The molecule has 3 heteroatoms. The van der Waals surface area contributed by atoms with Crippen molar-refractivity contribution in [1.29, 1.82) is 0 Å². The second kappa shape index (κ2) is 8.66. The number of ether oxygens (including phenoxy) is 1. The third kappa shape index (κ3) is 6.64. The van der Waals surface area contributed by atoms with Crippen molar-refractivity contribution in [3.8, 4) is 5.75 Å². The molecule has 1 atom stereocenters. The number of hydrogen-bond acceptors (Lipinski definition) is 3. The number of Topliss-reactive ketones (excluding diaryl/α,β-unsaturated/α-hetero) is 1. The fourth-order valence-electron chi connectivity index (χ4n) is 3.59. The van der Waals surface area contributed by atoms with Crippen LogP contribution in [0.25, 0.3) is 0 Å². The zero-order valence-electron chi connectivity index (χ0n) is 15.8. The van der Waals surface area contributed by atoms with E-state index in [9.17, 15) is 4.79 Å². The number of carbonyl (C=O) groups is 1. The summed E-state index contributed by atoms with van der Waals surface area (Å²) in [4.78, 5) is 14.8. The molecule has 1 aromatic rings. The number of likely N-dealkylation sites (tertiary alicyclic amines) is 1. The van der Waals surface area contributed by atoms with Gasteiger partial charge in [0.1, 0.15) is 12.4 Å². The van der Waals surface area contributed by atoms with Crippen LogP contribution in [0.2, 0.25) is 0 Å². The maximum absolute atomic E-state index is 12.4. The van der Waals surface area contributed by atoms with E-state index >= 15 is 0 Å². The van der Waals surface area contributed by atoms with Crippen LogP contribution in [0, 0.1) is 11.3 Å². The lowest BCUT2D eigenvalue weighted by atomic mass is 9.83. The summed E-state index contributed by atoms with van der Waals surface area (Å²) >= 11 is 0. The maximum atomic E-state index is 12.4. The lowest BCUT2D eigenvalue weighted by molar-refractivity contribution is 0.0954. The molecule has 134 valence electrons. The van der Waals surface area contributed by atoms with Gasteiger partial charge in [0.2, 0.25) is 0 Å². The van der Waals surface area contributed by atoms with Crippen molar-refractivity contribution < 1.29 is 9.53 Å². The van der Waals surface area contributed by atoms with Gasteiger partial charge in [-0.2, -0.15) is 0 Å². The topological polar surface area (TPSA) is 29.5 Å². The minimum Gasteiger partial charge on any atom is -0.492 e. The summed E-state index contributed by atoms with van der Waals surface area (Å²) in [6.45, 7) is 12.9. The van der Waals surface area contributed by atoms with Gasteiger partial charge >= 0.3 is 0 Å². The highest BCUT2D eigenvalue weighted by molar-refractivity contribution is 5.96. The Morgan fingerprint density at radius 2 is 1.79 bits per heavy atom. The van der Waals surface area contributed by atoms with E-state index in [0.29, 0.717) is 12.3 Å². The molecule has 0 saturated carbocycles. The van der Waals surface area contributed by atoms with Crippen molar-refractivity contribution in [2.24, 2.45) is 11.3 Å². The molecule has 1 fully saturated rings. The summed E-state index contributed by atoms with van der Waals surface area (Å²) in [5, 5.41) is 0. The molecule has 24 heavy (non-hydrogen) atoms. The number of benzene rings is 1. The van der Waals surface area contributed by atoms with Crippen molar-refractivity contribution >= 4 is 5.78 Å². The molecule has 1 heterocycles. The molecule has 1 aliphatic rings. The van der Waals surface area contributed by atoms with Crippen molar-refractivity contribution in [1.82, 2.24) is 4.90 Å². The van der Waals surface area contributed by atoms with Gasteiger partial charge in [-0.25, -0.2) is 0 Å². The van der Waals surface area contributed by atoms with Crippen molar-refractivity contribution in [2.45, 2.75) is 53.4 Å². The molecule has 1 unspecified atom stereocenters.